The van der Waals surface area contributed by atoms with E-state index in [1.165, 1.54) is 5.56 Å². The molecule has 20 heavy (non-hydrogen) atoms. The lowest BCUT2D eigenvalue weighted by Crippen LogP contribution is -1.90. The maximum absolute atomic E-state index is 6.24. The smallest absolute Gasteiger partial charge is 0.126 e. The number of aryl methyl sites for hydroxylation is 1. The van der Waals surface area contributed by atoms with E-state index in [0.29, 0.717) is 5.02 Å². The predicted molar refractivity (Wildman–Crippen MR) is 83.5 cm³/mol. The second-order valence-corrected chi connectivity index (χ2v) is 5.19. The van der Waals surface area contributed by atoms with Gasteiger partial charge in [-0.05, 0) is 48.2 Å². The van der Waals surface area contributed by atoms with Gasteiger partial charge in [-0.25, -0.2) is 0 Å². The van der Waals surface area contributed by atoms with Crippen LogP contribution in [0.3, 0.4) is 0 Å². The molecule has 0 bridgehead atoms. The molecule has 0 saturated heterocycles. The van der Waals surface area contributed by atoms with E-state index < -0.39 is 0 Å². The number of hydrogen-bond donors (Lipinski definition) is 0. The molecule has 2 aromatic carbocycles. The van der Waals surface area contributed by atoms with Crippen molar-refractivity contribution in [2.24, 2.45) is 0 Å². The lowest BCUT2D eigenvalue weighted by Gasteiger charge is -2.12. The number of methoxy groups -OCH3 is 1. The molecule has 3 aromatic rings. The van der Waals surface area contributed by atoms with Gasteiger partial charge in [0.15, 0.2) is 0 Å². The molecule has 3 rings (SSSR count). The zero-order valence-electron chi connectivity index (χ0n) is 11.4. The van der Waals surface area contributed by atoms with Crippen molar-refractivity contribution in [3.05, 3.63) is 59.4 Å². The molecule has 0 spiro atoms. The molecule has 2 nitrogen and oxygen atoms in total. The minimum Gasteiger partial charge on any atom is -0.496 e. The Kier molecular flexibility index (Phi) is 3.33. The van der Waals surface area contributed by atoms with Crippen LogP contribution in [-0.4, -0.2) is 12.1 Å². The van der Waals surface area contributed by atoms with Gasteiger partial charge < -0.3 is 4.74 Å². The molecule has 0 atom stereocenters. The Balaban J connectivity index is 2.37. The topological polar surface area (TPSA) is 22.1 Å². The minimum atomic E-state index is 0.698. The molecule has 0 N–H and O–H groups in total. The largest absolute Gasteiger partial charge is 0.496 e. The zero-order chi connectivity index (χ0) is 14.1. The van der Waals surface area contributed by atoms with Crippen LogP contribution in [0.4, 0.5) is 0 Å². The first-order valence-electron chi connectivity index (χ1n) is 6.37. The average Bonchev–Trinajstić information content (AvgIpc) is 2.46. The van der Waals surface area contributed by atoms with Crippen LogP contribution >= 0.6 is 11.6 Å². The molecule has 0 unspecified atom stereocenters. The summed E-state index contributed by atoms with van der Waals surface area (Å²) in [5.41, 5.74) is 3.30. The predicted octanol–water partition coefficient (Wildman–Crippen LogP) is 4.87. The monoisotopic (exact) mass is 283 g/mol. The summed E-state index contributed by atoms with van der Waals surface area (Å²) in [7, 11) is 1.68. The summed E-state index contributed by atoms with van der Waals surface area (Å²) in [6, 6.07) is 12.0. The molecule has 1 aromatic heterocycles. The number of nitrogens with zero attached hydrogens (tertiary/aromatic N) is 1. The normalized spacial score (nSPS) is 10.8. The van der Waals surface area contributed by atoms with E-state index >= 15 is 0 Å². The van der Waals surface area contributed by atoms with Gasteiger partial charge in [-0.3, -0.25) is 4.98 Å². The number of pyridine rings is 1. The molecule has 0 radical (unpaired) electrons. The molecule has 100 valence electrons. The zero-order valence-corrected chi connectivity index (χ0v) is 12.1. The fraction of sp³-hybridized carbons (Fsp3) is 0.118. The van der Waals surface area contributed by atoms with Gasteiger partial charge in [-0.15, -0.1) is 0 Å². The van der Waals surface area contributed by atoms with Crippen molar-refractivity contribution in [2.75, 3.05) is 7.11 Å². The van der Waals surface area contributed by atoms with E-state index in [-0.39, 0.29) is 0 Å². The molecular weight excluding hydrogens is 270 g/mol. The molecular formula is C17H14ClNO. The third kappa shape index (κ3) is 2.23. The summed E-state index contributed by atoms with van der Waals surface area (Å²) in [4.78, 5) is 4.16. The van der Waals surface area contributed by atoms with Crippen molar-refractivity contribution in [3.8, 4) is 16.9 Å². The van der Waals surface area contributed by atoms with Crippen molar-refractivity contribution >= 4 is 22.4 Å². The average molecular weight is 284 g/mol. The lowest BCUT2D eigenvalue weighted by molar-refractivity contribution is 0.416. The number of rotatable bonds is 2. The molecule has 0 fully saturated rings. The van der Waals surface area contributed by atoms with Gasteiger partial charge in [0.25, 0.3) is 0 Å². The molecule has 0 amide bonds. The Morgan fingerprint density at radius 3 is 2.70 bits per heavy atom. The van der Waals surface area contributed by atoms with E-state index in [1.54, 1.807) is 13.3 Å². The molecule has 0 aliphatic rings. The molecule has 1 heterocycles. The summed E-state index contributed by atoms with van der Waals surface area (Å²) in [5, 5.41) is 2.84. The highest BCUT2D eigenvalue weighted by Gasteiger charge is 2.11. The van der Waals surface area contributed by atoms with E-state index in [1.807, 2.05) is 36.5 Å². The number of ether oxygens (including phenoxy) is 1. The number of fused-ring (bicyclic) bond motifs is 1. The summed E-state index contributed by atoms with van der Waals surface area (Å²) >= 11 is 6.24. The Labute approximate surface area is 123 Å². The first-order valence-corrected chi connectivity index (χ1v) is 6.75. The van der Waals surface area contributed by atoms with E-state index in [2.05, 4.69) is 18.0 Å². The second-order valence-electron chi connectivity index (χ2n) is 4.75. The third-order valence-corrected chi connectivity index (χ3v) is 3.58. The fourth-order valence-corrected chi connectivity index (χ4v) is 2.65. The van der Waals surface area contributed by atoms with Crippen LogP contribution < -0.4 is 4.74 Å². The Morgan fingerprint density at radius 1 is 1.05 bits per heavy atom. The number of aromatic nitrogens is 1. The standard InChI is InChI=1S/C17H14ClNO/c1-11-3-4-17(20-2)16(7-11)15-9-13(18)8-12-10-19-6-5-14(12)15/h3-10H,1-2H3. The minimum absolute atomic E-state index is 0.698. The molecule has 0 aliphatic heterocycles. The molecule has 3 heteroatoms. The number of benzene rings is 2. The van der Waals surface area contributed by atoms with Crippen molar-refractivity contribution in [3.63, 3.8) is 0 Å². The first kappa shape index (κ1) is 12.9. The van der Waals surface area contributed by atoms with Crippen LogP contribution in [-0.2, 0) is 0 Å². The van der Waals surface area contributed by atoms with Gasteiger partial charge in [0, 0.05) is 28.4 Å². The van der Waals surface area contributed by atoms with Crippen LogP contribution in [0.25, 0.3) is 21.9 Å². The van der Waals surface area contributed by atoms with Crippen molar-refractivity contribution in [1.29, 1.82) is 0 Å². The summed E-state index contributed by atoms with van der Waals surface area (Å²) < 4.78 is 5.48. The van der Waals surface area contributed by atoms with Gasteiger partial charge >= 0.3 is 0 Å². The van der Waals surface area contributed by atoms with E-state index in [4.69, 9.17) is 16.3 Å². The highest BCUT2D eigenvalue weighted by atomic mass is 35.5. The van der Waals surface area contributed by atoms with Gasteiger partial charge in [0.2, 0.25) is 0 Å². The highest BCUT2D eigenvalue weighted by Crippen LogP contribution is 2.37. The SMILES string of the molecule is COc1ccc(C)cc1-c1cc(Cl)cc2cnccc12. The maximum atomic E-state index is 6.24. The molecule has 0 saturated carbocycles. The van der Waals surface area contributed by atoms with Crippen LogP contribution in [0.2, 0.25) is 5.02 Å². The van der Waals surface area contributed by atoms with E-state index in [9.17, 15) is 0 Å². The van der Waals surface area contributed by atoms with Gasteiger partial charge in [-0.1, -0.05) is 23.2 Å². The van der Waals surface area contributed by atoms with Crippen LogP contribution in [0.15, 0.2) is 48.8 Å². The Hall–Kier alpha value is -2.06. The summed E-state index contributed by atoms with van der Waals surface area (Å²) in [6.45, 7) is 2.07. The van der Waals surface area contributed by atoms with Crippen LogP contribution in [0, 0.1) is 6.92 Å². The van der Waals surface area contributed by atoms with Crippen molar-refractivity contribution in [2.45, 2.75) is 6.92 Å². The van der Waals surface area contributed by atoms with Gasteiger partial charge in [0.05, 0.1) is 7.11 Å². The van der Waals surface area contributed by atoms with Crippen molar-refractivity contribution in [1.82, 2.24) is 4.98 Å². The second kappa shape index (κ2) is 5.14. The summed E-state index contributed by atoms with van der Waals surface area (Å²) in [5.74, 6) is 0.843. The Bertz CT molecular complexity index is 783. The van der Waals surface area contributed by atoms with Gasteiger partial charge in [-0.2, -0.15) is 0 Å². The number of halogens is 1. The quantitative estimate of drug-likeness (QED) is 0.669. The third-order valence-electron chi connectivity index (χ3n) is 3.36. The van der Waals surface area contributed by atoms with Crippen molar-refractivity contribution < 1.29 is 4.74 Å². The van der Waals surface area contributed by atoms with E-state index in [0.717, 1.165) is 27.6 Å². The van der Waals surface area contributed by atoms with Crippen LogP contribution in [0.1, 0.15) is 5.56 Å². The Morgan fingerprint density at radius 2 is 1.90 bits per heavy atom. The lowest BCUT2D eigenvalue weighted by atomic mass is 9.97. The maximum Gasteiger partial charge on any atom is 0.126 e. The fourth-order valence-electron chi connectivity index (χ4n) is 2.43. The molecule has 0 aliphatic carbocycles. The summed E-state index contributed by atoms with van der Waals surface area (Å²) in [6.07, 6.45) is 3.62. The first-order chi connectivity index (χ1) is 9.69. The number of hydrogen-bond acceptors (Lipinski definition) is 2. The van der Waals surface area contributed by atoms with Gasteiger partial charge in [0.1, 0.15) is 5.75 Å². The van der Waals surface area contributed by atoms with Crippen LogP contribution in [0.5, 0.6) is 5.75 Å². The highest BCUT2D eigenvalue weighted by molar-refractivity contribution is 6.32.